The topological polar surface area (TPSA) is 122 Å². The molecule has 4 N–H and O–H groups in total. The molecule has 1 amide bonds. The summed E-state index contributed by atoms with van der Waals surface area (Å²) in [5, 5.41) is 15.9. The number of nitrogens with two attached hydrogens (primary N) is 1. The van der Waals surface area contributed by atoms with Gasteiger partial charge in [0.05, 0.1) is 13.7 Å². The van der Waals surface area contributed by atoms with Crippen molar-refractivity contribution >= 4 is 24.5 Å². The number of amides is 1. The zero-order chi connectivity index (χ0) is 17.7. The summed E-state index contributed by atoms with van der Waals surface area (Å²) in [6, 6.07) is 8.50. The van der Waals surface area contributed by atoms with E-state index in [-0.39, 0.29) is 38.7 Å². The number of carbonyl (C=O) groups excluding carboxylic acids is 2. The average molecular weight is 365 g/mol. The van der Waals surface area contributed by atoms with Crippen molar-refractivity contribution in [3.63, 3.8) is 0 Å². The van der Waals surface area contributed by atoms with Gasteiger partial charge in [0.25, 0.3) is 0 Å². The van der Waals surface area contributed by atoms with Gasteiger partial charge in [0.1, 0.15) is 13.2 Å². The molecule has 0 saturated carbocycles. The van der Waals surface area contributed by atoms with Gasteiger partial charge >= 0.3 is 12.1 Å². The molecule has 138 valence electrons. The van der Waals surface area contributed by atoms with Crippen molar-refractivity contribution in [2.75, 3.05) is 33.9 Å². The first-order chi connectivity index (χ1) is 11.1. The number of aliphatic hydroxyl groups excluding tert-OH is 2. The number of benzene rings is 1. The molecule has 9 heteroatoms. The lowest BCUT2D eigenvalue weighted by Gasteiger charge is -2.23. The van der Waals surface area contributed by atoms with Crippen LogP contribution in [-0.2, 0) is 20.9 Å². The summed E-state index contributed by atoms with van der Waals surface area (Å²) in [5.74, 6) is -0.586. The normalized spacial score (nSPS) is 10.4. The van der Waals surface area contributed by atoms with E-state index in [2.05, 4.69) is 4.74 Å². The summed E-state index contributed by atoms with van der Waals surface area (Å²) in [6.07, 6.45) is -0.687. The lowest BCUT2D eigenvalue weighted by molar-refractivity contribution is -0.141. The Morgan fingerprint density at radius 2 is 1.83 bits per heavy atom. The van der Waals surface area contributed by atoms with Crippen LogP contribution < -0.4 is 5.73 Å². The summed E-state index contributed by atoms with van der Waals surface area (Å²) < 4.78 is 9.64. The largest absolute Gasteiger partial charge is 0.468 e. The predicted molar refractivity (Wildman–Crippen MR) is 90.7 cm³/mol. The van der Waals surface area contributed by atoms with E-state index in [4.69, 9.17) is 20.7 Å². The van der Waals surface area contributed by atoms with E-state index < -0.39 is 18.1 Å². The maximum Gasteiger partial charge on any atom is 0.410 e. The van der Waals surface area contributed by atoms with Gasteiger partial charge in [0.2, 0.25) is 0 Å². The molecule has 0 bridgehead atoms. The fourth-order valence-corrected chi connectivity index (χ4v) is 1.58. The van der Waals surface area contributed by atoms with Crippen molar-refractivity contribution in [2.24, 2.45) is 5.73 Å². The third-order valence-electron chi connectivity index (χ3n) is 2.70. The van der Waals surface area contributed by atoms with E-state index >= 15 is 0 Å². The molecule has 1 aromatic rings. The Bertz CT molecular complexity index is 461. The minimum Gasteiger partial charge on any atom is -0.468 e. The van der Waals surface area contributed by atoms with Crippen LogP contribution in [0.1, 0.15) is 5.56 Å². The van der Waals surface area contributed by atoms with Gasteiger partial charge in [-0.15, -0.1) is 12.4 Å². The Morgan fingerprint density at radius 3 is 2.33 bits per heavy atom. The summed E-state index contributed by atoms with van der Waals surface area (Å²) >= 11 is 0. The number of hydrogen-bond donors (Lipinski definition) is 3. The number of esters is 1. The number of halogens is 1. The molecule has 1 aromatic carbocycles. The van der Waals surface area contributed by atoms with Crippen LogP contribution in [0.2, 0.25) is 0 Å². The predicted octanol–water partition coefficient (Wildman–Crippen LogP) is 0.148. The Kier molecular flexibility index (Phi) is 14.9. The fourth-order valence-electron chi connectivity index (χ4n) is 1.58. The Labute approximate surface area is 147 Å². The monoisotopic (exact) mass is 364 g/mol. The van der Waals surface area contributed by atoms with Gasteiger partial charge in [-0.1, -0.05) is 30.3 Å². The van der Waals surface area contributed by atoms with Gasteiger partial charge < -0.3 is 25.4 Å². The van der Waals surface area contributed by atoms with Crippen molar-refractivity contribution in [2.45, 2.75) is 12.6 Å². The van der Waals surface area contributed by atoms with Crippen LogP contribution in [0.15, 0.2) is 30.3 Å². The highest BCUT2D eigenvalue weighted by Crippen LogP contribution is 2.04. The molecule has 0 spiro atoms. The molecule has 0 aliphatic carbocycles. The molecule has 8 nitrogen and oxygen atoms in total. The first kappa shape index (κ1) is 24.4. The Balaban J connectivity index is 0. The molecule has 0 aromatic heterocycles. The number of ether oxygens (including phenoxy) is 2. The number of rotatable bonds is 7. The molecule has 1 rings (SSSR count). The molecule has 0 saturated heterocycles. The van der Waals surface area contributed by atoms with Gasteiger partial charge in [0, 0.05) is 19.7 Å². The molecule has 1 unspecified atom stereocenters. The van der Waals surface area contributed by atoms with Crippen molar-refractivity contribution < 1.29 is 29.3 Å². The van der Waals surface area contributed by atoms with Gasteiger partial charge in [-0.2, -0.15) is 0 Å². The standard InChI is InChI=1S/C14H20N2O5.CH4O.ClH/c1-20-13(18)8-16(7-12(15)9-17)14(19)21-10-11-5-3-2-4-6-11;1-2;/h2-6,12,17H,7-10,15H2,1H3;2H,1H3;1H. The summed E-state index contributed by atoms with van der Waals surface area (Å²) in [5.41, 5.74) is 6.41. The van der Waals surface area contributed by atoms with E-state index in [1.165, 1.54) is 7.11 Å². The van der Waals surface area contributed by atoms with Crippen molar-refractivity contribution in [1.29, 1.82) is 0 Å². The highest BCUT2D eigenvalue weighted by molar-refractivity contribution is 5.85. The molecular weight excluding hydrogens is 340 g/mol. The fraction of sp³-hybridized carbons (Fsp3) is 0.467. The number of methoxy groups -OCH3 is 1. The first-order valence-corrected chi connectivity index (χ1v) is 6.90. The van der Waals surface area contributed by atoms with E-state index in [1.807, 2.05) is 30.3 Å². The van der Waals surface area contributed by atoms with E-state index in [1.54, 1.807) is 0 Å². The maximum absolute atomic E-state index is 12.0. The Hall–Kier alpha value is -1.87. The Morgan fingerprint density at radius 1 is 1.25 bits per heavy atom. The van der Waals surface area contributed by atoms with Crippen LogP contribution in [0.3, 0.4) is 0 Å². The van der Waals surface area contributed by atoms with Crippen LogP contribution in [0.25, 0.3) is 0 Å². The lowest BCUT2D eigenvalue weighted by Crippen LogP contribution is -2.45. The van der Waals surface area contributed by atoms with Crippen LogP contribution in [0, 0.1) is 0 Å². The third kappa shape index (κ3) is 10.0. The van der Waals surface area contributed by atoms with Crippen molar-refractivity contribution in [1.82, 2.24) is 4.90 Å². The highest BCUT2D eigenvalue weighted by Gasteiger charge is 2.21. The zero-order valence-corrected chi connectivity index (χ0v) is 14.6. The lowest BCUT2D eigenvalue weighted by atomic mass is 10.2. The highest BCUT2D eigenvalue weighted by atomic mass is 35.5. The summed E-state index contributed by atoms with van der Waals surface area (Å²) in [7, 11) is 2.22. The van der Waals surface area contributed by atoms with Crippen molar-refractivity contribution in [3.8, 4) is 0 Å². The second kappa shape index (κ2) is 14.7. The number of nitrogens with zero attached hydrogens (tertiary/aromatic N) is 1. The smallest absolute Gasteiger partial charge is 0.410 e. The maximum atomic E-state index is 12.0. The number of hydrogen-bond acceptors (Lipinski definition) is 7. The minimum absolute atomic E-state index is 0. The molecule has 0 radical (unpaired) electrons. The second-order valence-corrected chi connectivity index (χ2v) is 4.44. The molecule has 24 heavy (non-hydrogen) atoms. The molecule has 0 aliphatic rings. The van der Waals surface area contributed by atoms with Crippen LogP contribution >= 0.6 is 12.4 Å². The number of carbonyl (C=O) groups is 2. The van der Waals surface area contributed by atoms with E-state index in [0.717, 1.165) is 17.6 Å². The minimum atomic E-state index is -0.687. The van der Waals surface area contributed by atoms with E-state index in [9.17, 15) is 9.59 Å². The molecular formula is C15H25ClN2O6. The first-order valence-electron chi connectivity index (χ1n) is 6.90. The van der Waals surface area contributed by atoms with Crippen LogP contribution in [-0.4, -0.2) is 67.1 Å². The van der Waals surface area contributed by atoms with Crippen LogP contribution in [0.4, 0.5) is 4.79 Å². The summed E-state index contributed by atoms with van der Waals surface area (Å²) in [6.45, 7) is -0.494. The van der Waals surface area contributed by atoms with E-state index in [0.29, 0.717) is 0 Å². The van der Waals surface area contributed by atoms with Gasteiger partial charge in [-0.05, 0) is 5.56 Å². The molecule has 0 aliphatic heterocycles. The third-order valence-corrected chi connectivity index (χ3v) is 2.70. The number of aliphatic hydroxyl groups is 2. The molecule has 0 fully saturated rings. The van der Waals surface area contributed by atoms with Crippen molar-refractivity contribution in [3.05, 3.63) is 35.9 Å². The van der Waals surface area contributed by atoms with Gasteiger partial charge in [-0.3, -0.25) is 9.69 Å². The second-order valence-electron chi connectivity index (χ2n) is 4.44. The molecule has 1 atom stereocenters. The van der Waals surface area contributed by atoms with Crippen LogP contribution in [0.5, 0.6) is 0 Å². The molecule has 0 heterocycles. The SMILES string of the molecule is CO.COC(=O)CN(CC(N)CO)C(=O)OCc1ccccc1.Cl. The zero-order valence-electron chi connectivity index (χ0n) is 13.8. The quantitative estimate of drug-likeness (QED) is 0.588. The average Bonchev–Trinajstić information content (AvgIpc) is 2.61. The summed E-state index contributed by atoms with van der Waals surface area (Å²) in [4.78, 5) is 24.4. The van der Waals surface area contributed by atoms with Gasteiger partial charge in [-0.25, -0.2) is 4.79 Å². The van der Waals surface area contributed by atoms with Gasteiger partial charge in [0.15, 0.2) is 0 Å².